The molecular weight excluding hydrogens is 432 g/mol. The summed E-state index contributed by atoms with van der Waals surface area (Å²) in [7, 11) is 1.45. The number of methoxy groups -OCH3 is 1. The number of rotatable bonds is 3. The number of phenols is 3. The largest absolute Gasteiger partial charge is 0.508 e. The topological polar surface area (TPSA) is 135 Å². The molecule has 2 heterocycles. The van der Waals surface area contributed by atoms with Crippen molar-refractivity contribution in [3.8, 4) is 40.2 Å². The van der Waals surface area contributed by atoms with E-state index in [0.717, 1.165) is 11.6 Å². The highest BCUT2D eigenvalue weighted by Gasteiger charge is 2.39. The molecule has 9 heteroatoms. The molecule has 0 saturated carbocycles. The summed E-state index contributed by atoms with van der Waals surface area (Å²) >= 11 is 0. The van der Waals surface area contributed by atoms with Crippen LogP contribution < -0.4 is 18.9 Å². The number of Topliss-reactive ketones (excluding diaryl/α,β-unsaturated/α-hetero) is 1. The van der Waals surface area contributed by atoms with E-state index in [1.54, 1.807) is 30.3 Å². The van der Waals surface area contributed by atoms with Crippen LogP contribution in [0.2, 0.25) is 0 Å². The molecule has 0 spiro atoms. The fraction of sp³-hybridized carbons (Fsp3) is 0.208. The average molecular weight is 452 g/mol. The van der Waals surface area contributed by atoms with Crippen LogP contribution in [0.15, 0.2) is 48.5 Å². The van der Waals surface area contributed by atoms with Gasteiger partial charge in [-0.15, -0.1) is 0 Å². The lowest BCUT2D eigenvalue weighted by Crippen LogP contribution is -2.36. The van der Waals surface area contributed by atoms with Gasteiger partial charge in [0.25, 0.3) is 0 Å². The van der Waals surface area contributed by atoms with Gasteiger partial charge in [0.05, 0.1) is 7.11 Å². The molecule has 170 valence electrons. The lowest BCUT2D eigenvalue weighted by Gasteiger charge is -2.32. The predicted molar refractivity (Wildman–Crippen MR) is 113 cm³/mol. The van der Waals surface area contributed by atoms with Crippen molar-refractivity contribution in [1.29, 1.82) is 0 Å². The number of phenolic OH excluding ortho intramolecular Hbond substituents is 3. The van der Waals surface area contributed by atoms with E-state index >= 15 is 0 Å². The molecule has 0 fully saturated rings. The number of benzene rings is 3. The van der Waals surface area contributed by atoms with Gasteiger partial charge in [0, 0.05) is 12.1 Å². The minimum atomic E-state index is -1.58. The van der Waals surface area contributed by atoms with Crippen molar-refractivity contribution in [3.05, 3.63) is 65.2 Å². The number of carbonyl (C=O) groups is 1. The van der Waals surface area contributed by atoms with Crippen LogP contribution in [0.1, 0.15) is 33.7 Å². The van der Waals surface area contributed by atoms with Crippen LogP contribution in [-0.4, -0.2) is 46.0 Å². The zero-order valence-corrected chi connectivity index (χ0v) is 17.4. The smallest absolute Gasteiger partial charge is 0.202 e. The maximum Gasteiger partial charge on any atom is 0.202 e. The third kappa shape index (κ3) is 3.52. The van der Waals surface area contributed by atoms with Gasteiger partial charge in [-0.1, -0.05) is 12.1 Å². The van der Waals surface area contributed by atoms with E-state index in [1.165, 1.54) is 19.2 Å². The van der Waals surface area contributed by atoms with E-state index < -0.39 is 29.8 Å². The summed E-state index contributed by atoms with van der Waals surface area (Å²) in [6.45, 7) is 0.229. The third-order valence-corrected chi connectivity index (χ3v) is 5.65. The van der Waals surface area contributed by atoms with Gasteiger partial charge in [-0.05, 0) is 35.4 Å². The van der Waals surface area contributed by atoms with Gasteiger partial charge in [-0.25, -0.2) is 0 Å². The molecule has 3 atom stereocenters. The van der Waals surface area contributed by atoms with E-state index in [-0.39, 0.29) is 29.4 Å². The van der Waals surface area contributed by atoms with Crippen LogP contribution in [0.4, 0.5) is 0 Å². The second kappa shape index (κ2) is 7.79. The van der Waals surface area contributed by atoms with Crippen LogP contribution in [-0.2, 0) is 0 Å². The Kier molecular flexibility index (Phi) is 4.90. The Hall–Kier alpha value is -4.11. The first kappa shape index (κ1) is 20.8. The summed E-state index contributed by atoms with van der Waals surface area (Å²) in [5.74, 6) is -0.328. The van der Waals surface area contributed by atoms with Crippen molar-refractivity contribution in [2.45, 2.75) is 18.3 Å². The maximum atomic E-state index is 12.7. The van der Waals surface area contributed by atoms with Crippen molar-refractivity contribution >= 4 is 5.78 Å². The first-order valence-corrected chi connectivity index (χ1v) is 10.1. The van der Waals surface area contributed by atoms with Gasteiger partial charge in [-0.3, -0.25) is 4.79 Å². The van der Waals surface area contributed by atoms with Crippen molar-refractivity contribution in [2.24, 2.45) is 0 Å². The molecule has 3 aromatic carbocycles. The molecule has 0 aromatic heterocycles. The molecule has 0 saturated heterocycles. The number of hydrogen-bond donors (Lipinski definition) is 4. The highest BCUT2D eigenvalue weighted by atomic mass is 16.6. The molecule has 5 rings (SSSR count). The Balaban J connectivity index is 1.45. The molecule has 0 aliphatic carbocycles. The third-order valence-electron chi connectivity index (χ3n) is 5.65. The van der Waals surface area contributed by atoms with Crippen LogP contribution in [0.5, 0.6) is 40.2 Å². The normalized spacial score (nSPS) is 21.2. The number of fused-ring (bicyclic) bond motifs is 2. The van der Waals surface area contributed by atoms with Gasteiger partial charge in [-0.2, -0.15) is 0 Å². The van der Waals surface area contributed by atoms with Crippen LogP contribution in [0.25, 0.3) is 0 Å². The lowest BCUT2D eigenvalue weighted by molar-refractivity contribution is 0.0207. The predicted octanol–water partition coefficient (Wildman–Crippen LogP) is 3.00. The lowest BCUT2D eigenvalue weighted by atomic mass is 9.92. The molecule has 1 unspecified atom stereocenters. The number of carbonyl (C=O) groups excluding carboxylic acids is 1. The molecule has 33 heavy (non-hydrogen) atoms. The molecular formula is C24H20O9. The van der Waals surface area contributed by atoms with E-state index in [0.29, 0.717) is 22.8 Å². The average Bonchev–Trinajstić information content (AvgIpc) is 2.80. The van der Waals surface area contributed by atoms with Crippen molar-refractivity contribution < 1.29 is 44.2 Å². The summed E-state index contributed by atoms with van der Waals surface area (Å²) in [5.41, 5.74) is 0.982. The number of aliphatic hydroxyl groups excluding tert-OH is 1. The van der Waals surface area contributed by atoms with Crippen molar-refractivity contribution in [1.82, 2.24) is 0 Å². The SMILES string of the molecule is COc1cc(C2COc3ccc([C@H]4Oc5cc(O)cc(O)c5C(=O)[C@@H]4O)cc3O2)ccc1O. The summed E-state index contributed by atoms with van der Waals surface area (Å²) < 4.78 is 22.8. The quantitative estimate of drug-likeness (QED) is 0.473. The first-order chi connectivity index (χ1) is 15.9. The fourth-order valence-electron chi connectivity index (χ4n) is 3.99. The molecule has 2 aliphatic heterocycles. The van der Waals surface area contributed by atoms with Crippen LogP contribution >= 0.6 is 0 Å². The number of aromatic hydroxyl groups is 3. The van der Waals surface area contributed by atoms with E-state index in [2.05, 4.69) is 0 Å². The maximum absolute atomic E-state index is 12.7. The van der Waals surface area contributed by atoms with Gasteiger partial charge in [0.2, 0.25) is 5.78 Å². The van der Waals surface area contributed by atoms with Crippen molar-refractivity contribution in [3.63, 3.8) is 0 Å². The molecule has 4 N–H and O–H groups in total. The summed E-state index contributed by atoms with van der Waals surface area (Å²) in [6, 6.07) is 12.0. The Labute approximate surface area is 188 Å². The standard InChI is InChI=1S/C24H20O9/c1-30-17-6-11(2-4-14(17)26)20-10-31-16-5-3-12(7-18(16)32-20)24-23(29)22(28)21-15(27)8-13(25)9-19(21)33-24/h2-9,20,23-27,29H,10H2,1H3/t20?,23-,24+/m0/s1. The summed E-state index contributed by atoms with van der Waals surface area (Å²) in [4.78, 5) is 12.7. The number of ether oxygens (including phenoxy) is 4. The number of ketones is 1. The Morgan fingerprint density at radius 1 is 0.879 bits per heavy atom. The van der Waals surface area contributed by atoms with Gasteiger partial charge < -0.3 is 39.4 Å². The van der Waals surface area contributed by atoms with Gasteiger partial charge in [0.1, 0.15) is 29.4 Å². The monoisotopic (exact) mass is 452 g/mol. The highest BCUT2D eigenvalue weighted by molar-refractivity contribution is 6.05. The number of hydrogen-bond acceptors (Lipinski definition) is 9. The zero-order chi connectivity index (χ0) is 23.3. The highest BCUT2D eigenvalue weighted by Crippen LogP contribution is 2.44. The zero-order valence-electron chi connectivity index (χ0n) is 17.4. The fourth-order valence-corrected chi connectivity index (χ4v) is 3.99. The van der Waals surface area contributed by atoms with E-state index in [4.69, 9.17) is 18.9 Å². The molecule has 3 aromatic rings. The Bertz CT molecular complexity index is 1250. The summed E-state index contributed by atoms with van der Waals surface area (Å²) in [5, 5.41) is 40.2. The Morgan fingerprint density at radius 3 is 2.45 bits per heavy atom. The van der Waals surface area contributed by atoms with E-state index in [1.807, 2.05) is 0 Å². The first-order valence-electron chi connectivity index (χ1n) is 10.1. The summed E-state index contributed by atoms with van der Waals surface area (Å²) in [6.07, 6.45) is -3.15. The van der Waals surface area contributed by atoms with Gasteiger partial charge >= 0.3 is 0 Å². The Morgan fingerprint density at radius 2 is 1.67 bits per heavy atom. The molecule has 0 bridgehead atoms. The molecule has 9 nitrogen and oxygen atoms in total. The van der Waals surface area contributed by atoms with E-state index in [9.17, 15) is 25.2 Å². The second-order valence-corrected chi connectivity index (χ2v) is 7.74. The number of aliphatic hydroxyl groups is 1. The van der Waals surface area contributed by atoms with Crippen molar-refractivity contribution in [2.75, 3.05) is 13.7 Å². The van der Waals surface area contributed by atoms with Gasteiger partial charge in [0.15, 0.2) is 41.3 Å². The minimum Gasteiger partial charge on any atom is -0.508 e. The van der Waals surface area contributed by atoms with Crippen LogP contribution in [0, 0.1) is 0 Å². The minimum absolute atomic E-state index is 0.00567. The second-order valence-electron chi connectivity index (χ2n) is 7.74. The molecule has 2 aliphatic rings. The van der Waals surface area contributed by atoms with Crippen LogP contribution in [0.3, 0.4) is 0 Å². The molecule has 0 amide bonds. The molecule has 0 radical (unpaired) electrons.